The summed E-state index contributed by atoms with van der Waals surface area (Å²) in [7, 11) is 0. The van der Waals surface area contributed by atoms with E-state index in [4.69, 9.17) is 10.1 Å². The van der Waals surface area contributed by atoms with E-state index >= 15 is 0 Å². The summed E-state index contributed by atoms with van der Waals surface area (Å²) in [6.45, 7) is 1.15. The van der Waals surface area contributed by atoms with Crippen LogP contribution in [0.15, 0.2) is 30.3 Å². The standard InChI is InChI=1S/C17H20N2O2/c20-10-4-7-15-6-3-9-19(15)17-14(12-21)11-13-5-1-2-8-16(13)18-17/h1-2,5,8,11-12,15,20H,3-4,6-7,9-10H2. The van der Waals surface area contributed by atoms with Gasteiger partial charge in [0, 0.05) is 24.6 Å². The first-order valence-corrected chi connectivity index (χ1v) is 7.56. The van der Waals surface area contributed by atoms with Gasteiger partial charge in [-0.15, -0.1) is 0 Å². The Balaban J connectivity index is 1.99. The summed E-state index contributed by atoms with van der Waals surface area (Å²) in [6, 6.07) is 10.2. The number of nitrogens with zero attached hydrogens (tertiary/aromatic N) is 2. The van der Waals surface area contributed by atoms with E-state index in [1.54, 1.807) is 0 Å². The van der Waals surface area contributed by atoms with E-state index in [2.05, 4.69) is 4.90 Å². The maximum absolute atomic E-state index is 11.4. The summed E-state index contributed by atoms with van der Waals surface area (Å²) >= 11 is 0. The van der Waals surface area contributed by atoms with Crippen molar-refractivity contribution in [2.75, 3.05) is 18.1 Å². The largest absolute Gasteiger partial charge is 0.396 e. The van der Waals surface area contributed by atoms with Gasteiger partial charge in [-0.05, 0) is 37.8 Å². The third-order valence-electron chi connectivity index (χ3n) is 4.20. The van der Waals surface area contributed by atoms with E-state index in [-0.39, 0.29) is 6.61 Å². The second-order valence-corrected chi connectivity index (χ2v) is 5.57. The summed E-state index contributed by atoms with van der Waals surface area (Å²) < 4.78 is 0. The first-order chi connectivity index (χ1) is 10.3. The molecule has 1 atom stereocenters. The average molecular weight is 284 g/mol. The minimum atomic E-state index is 0.218. The summed E-state index contributed by atoms with van der Waals surface area (Å²) in [5.74, 6) is 0.795. The first-order valence-electron chi connectivity index (χ1n) is 7.56. The van der Waals surface area contributed by atoms with Crippen LogP contribution in [-0.2, 0) is 0 Å². The van der Waals surface area contributed by atoms with Crippen LogP contribution >= 0.6 is 0 Å². The zero-order valence-electron chi connectivity index (χ0n) is 12.0. The molecule has 0 amide bonds. The van der Waals surface area contributed by atoms with Gasteiger partial charge in [-0.3, -0.25) is 4.79 Å². The summed E-state index contributed by atoms with van der Waals surface area (Å²) in [5.41, 5.74) is 1.58. The number of aldehydes is 1. The number of carbonyl (C=O) groups is 1. The monoisotopic (exact) mass is 284 g/mol. The number of pyridine rings is 1. The fourth-order valence-corrected chi connectivity index (χ4v) is 3.18. The molecule has 4 heteroatoms. The summed E-state index contributed by atoms with van der Waals surface area (Å²) in [6.07, 6.45) is 4.86. The van der Waals surface area contributed by atoms with Crippen LogP contribution in [-0.4, -0.2) is 35.6 Å². The van der Waals surface area contributed by atoms with Crippen LogP contribution in [0.3, 0.4) is 0 Å². The number of aromatic nitrogens is 1. The molecule has 1 fully saturated rings. The zero-order chi connectivity index (χ0) is 14.7. The molecule has 0 radical (unpaired) electrons. The van der Waals surface area contributed by atoms with Crippen LogP contribution in [0.1, 0.15) is 36.0 Å². The molecule has 0 bridgehead atoms. The molecule has 21 heavy (non-hydrogen) atoms. The van der Waals surface area contributed by atoms with Crippen molar-refractivity contribution in [2.45, 2.75) is 31.7 Å². The number of hydrogen-bond donors (Lipinski definition) is 1. The van der Waals surface area contributed by atoms with E-state index in [0.717, 1.165) is 55.2 Å². The van der Waals surface area contributed by atoms with Gasteiger partial charge in [0.1, 0.15) is 5.82 Å². The Labute approximate surface area is 124 Å². The molecule has 0 saturated carbocycles. The lowest BCUT2D eigenvalue weighted by atomic mass is 10.1. The van der Waals surface area contributed by atoms with Crippen molar-refractivity contribution in [3.8, 4) is 0 Å². The van der Waals surface area contributed by atoms with E-state index in [9.17, 15) is 4.79 Å². The minimum Gasteiger partial charge on any atom is -0.396 e. The molecule has 110 valence electrons. The van der Waals surface area contributed by atoms with Crippen LogP contribution in [0, 0.1) is 0 Å². The number of aliphatic hydroxyl groups is 1. The van der Waals surface area contributed by atoms with Crippen molar-refractivity contribution in [2.24, 2.45) is 0 Å². The summed E-state index contributed by atoms with van der Waals surface area (Å²) in [4.78, 5) is 18.4. The highest BCUT2D eigenvalue weighted by molar-refractivity contribution is 5.91. The molecule has 2 heterocycles. The first kappa shape index (κ1) is 14.0. The maximum atomic E-state index is 11.4. The minimum absolute atomic E-state index is 0.218. The predicted molar refractivity (Wildman–Crippen MR) is 83.8 cm³/mol. The number of hydrogen-bond acceptors (Lipinski definition) is 4. The van der Waals surface area contributed by atoms with Gasteiger partial charge in [0.15, 0.2) is 6.29 Å². The smallest absolute Gasteiger partial charge is 0.153 e. The average Bonchev–Trinajstić information content (AvgIpc) is 2.99. The van der Waals surface area contributed by atoms with Crippen molar-refractivity contribution in [3.05, 3.63) is 35.9 Å². The van der Waals surface area contributed by atoms with E-state index in [0.29, 0.717) is 11.6 Å². The highest BCUT2D eigenvalue weighted by Crippen LogP contribution is 2.30. The van der Waals surface area contributed by atoms with Crippen LogP contribution in [0.4, 0.5) is 5.82 Å². The molecule has 0 spiro atoms. The normalized spacial score (nSPS) is 18.3. The number of anilines is 1. The molecule has 0 aliphatic carbocycles. The van der Waals surface area contributed by atoms with Gasteiger partial charge in [-0.1, -0.05) is 18.2 Å². The molecule has 1 unspecified atom stereocenters. The van der Waals surface area contributed by atoms with Crippen LogP contribution in [0.2, 0.25) is 0 Å². The van der Waals surface area contributed by atoms with Crippen LogP contribution < -0.4 is 4.90 Å². The van der Waals surface area contributed by atoms with E-state index < -0.39 is 0 Å². The lowest BCUT2D eigenvalue weighted by Crippen LogP contribution is -2.31. The third-order valence-corrected chi connectivity index (χ3v) is 4.20. The van der Waals surface area contributed by atoms with E-state index in [1.807, 2.05) is 30.3 Å². The molecule has 1 aromatic carbocycles. The second-order valence-electron chi connectivity index (χ2n) is 5.57. The van der Waals surface area contributed by atoms with Crippen molar-refractivity contribution in [1.82, 2.24) is 4.98 Å². The lowest BCUT2D eigenvalue weighted by Gasteiger charge is -2.27. The van der Waals surface area contributed by atoms with Gasteiger partial charge < -0.3 is 10.0 Å². The fraction of sp³-hybridized carbons (Fsp3) is 0.412. The molecule has 1 N–H and O–H groups in total. The topological polar surface area (TPSA) is 53.4 Å². The molecular weight excluding hydrogens is 264 g/mol. The Morgan fingerprint density at radius 1 is 1.38 bits per heavy atom. The predicted octanol–water partition coefficient (Wildman–Crippen LogP) is 2.79. The second kappa shape index (κ2) is 6.22. The quantitative estimate of drug-likeness (QED) is 0.858. The molecule has 1 aliphatic heterocycles. The number of benzene rings is 1. The third kappa shape index (κ3) is 2.76. The van der Waals surface area contributed by atoms with Gasteiger partial charge in [-0.2, -0.15) is 0 Å². The molecule has 1 aromatic heterocycles. The number of fused-ring (bicyclic) bond motifs is 1. The number of carbonyl (C=O) groups excluding carboxylic acids is 1. The van der Waals surface area contributed by atoms with Gasteiger partial charge in [0.25, 0.3) is 0 Å². The highest BCUT2D eigenvalue weighted by atomic mass is 16.2. The molecular formula is C17H20N2O2. The molecule has 1 aliphatic rings. The van der Waals surface area contributed by atoms with E-state index in [1.165, 1.54) is 0 Å². The van der Waals surface area contributed by atoms with Crippen molar-refractivity contribution in [3.63, 3.8) is 0 Å². The maximum Gasteiger partial charge on any atom is 0.153 e. The van der Waals surface area contributed by atoms with Crippen LogP contribution in [0.5, 0.6) is 0 Å². The number of rotatable bonds is 5. The fourth-order valence-electron chi connectivity index (χ4n) is 3.18. The molecule has 4 nitrogen and oxygen atoms in total. The Morgan fingerprint density at radius 3 is 3.05 bits per heavy atom. The Bertz CT molecular complexity index is 642. The van der Waals surface area contributed by atoms with Gasteiger partial charge in [0.2, 0.25) is 0 Å². The Kier molecular flexibility index (Phi) is 4.15. The number of aliphatic hydroxyl groups excluding tert-OH is 1. The van der Waals surface area contributed by atoms with Crippen LogP contribution in [0.25, 0.3) is 10.9 Å². The van der Waals surface area contributed by atoms with Gasteiger partial charge >= 0.3 is 0 Å². The number of para-hydroxylation sites is 1. The Morgan fingerprint density at radius 2 is 2.24 bits per heavy atom. The Hall–Kier alpha value is -1.94. The highest BCUT2D eigenvalue weighted by Gasteiger charge is 2.27. The molecule has 1 saturated heterocycles. The SMILES string of the molecule is O=Cc1cc2ccccc2nc1N1CCCC1CCCO. The lowest BCUT2D eigenvalue weighted by molar-refractivity contribution is 0.112. The summed E-state index contributed by atoms with van der Waals surface area (Å²) in [5, 5.41) is 10.0. The molecule has 2 aromatic rings. The van der Waals surface area contributed by atoms with Gasteiger partial charge in [0.05, 0.1) is 11.1 Å². The van der Waals surface area contributed by atoms with Crippen molar-refractivity contribution >= 4 is 23.0 Å². The van der Waals surface area contributed by atoms with Crippen molar-refractivity contribution < 1.29 is 9.90 Å². The zero-order valence-corrected chi connectivity index (χ0v) is 12.0. The van der Waals surface area contributed by atoms with Gasteiger partial charge in [-0.25, -0.2) is 4.98 Å². The van der Waals surface area contributed by atoms with Crippen molar-refractivity contribution in [1.29, 1.82) is 0 Å². The molecule has 3 rings (SSSR count).